The molecule has 2 unspecified atom stereocenters. The van der Waals surface area contributed by atoms with Gasteiger partial charge in [0, 0.05) is 0 Å². The van der Waals surface area contributed by atoms with E-state index in [2.05, 4.69) is 6.92 Å². The number of carbonyl (C=O) groups is 6. The van der Waals surface area contributed by atoms with Crippen molar-refractivity contribution in [3.63, 3.8) is 0 Å². The second-order valence-electron chi connectivity index (χ2n) is 21.5. The number of hydrogen-bond donors (Lipinski definition) is 0. The molecule has 4 bridgehead atoms. The van der Waals surface area contributed by atoms with Gasteiger partial charge in [-0.25, -0.2) is 14.4 Å². The van der Waals surface area contributed by atoms with Crippen molar-refractivity contribution in [3.05, 3.63) is 0 Å². The molecular weight excluding hydrogens is 961 g/mol. The van der Waals surface area contributed by atoms with Crippen LogP contribution in [0.2, 0.25) is 0 Å². The van der Waals surface area contributed by atoms with Gasteiger partial charge in [0.1, 0.15) is 56.4 Å². The Labute approximate surface area is 458 Å². The van der Waals surface area contributed by atoms with Gasteiger partial charge in [-0.3, -0.25) is 14.4 Å². The van der Waals surface area contributed by atoms with E-state index in [0.717, 1.165) is 88.9 Å². The summed E-state index contributed by atoms with van der Waals surface area (Å²) in [6, 6.07) is 0. The monoisotopic (exact) mass is 1080 g/mol. The maximum absolute atomic E-state index is 12.4. The maximum Gasteiger partial charge on any atom is 0.332 e. The average Bonchev–Trinajstić information content (AvgIpc) is 3.31. The Kier molecular flexibility index (Phi) is 40.8. The summed E-state index contributed by atoms with van der Waals surface area (Å²) in [5.41, 5.74) is -1.41. The lowest BCUT2D eigenvalue weighted by Gasteiger charge is -2.60. The Morgan fingerprint density at radius 2 is 0.813 bits per heavy atom. The first-order chi connectivity index (χ1) is 32.7. The molecule has 0 heterocycles. The standard InChI is InChI=1S/C21H34O5.C17H30O5.C16H28O5.6CH4/c1-4-14(3)20(23)25-7-6-24-13-19(22)26-21(5-2)17-9-15-8-16(11-17)12-18(21)10-15;1-5-16(2,3)15(19)21-12-11-20-13-14(18)22-17(4)9-7-6-8-10-17;1-4-13(2)15(18)20-11-10-19-12-14(17)21-16(3)8-6-5-7-9-16;;;;;;/h14-18H,4-13H2,1-3H3;5-13H2,1-4H3;13H,4-12H2,1-3H3;6*1H4. The Morgan fingerprint density at radius 1 is 0.480 bits per heavy atom. The molecule has 0 aliphatic heterocycles. The predicted octanol–water partition coefficient (Wildman–Crippen LogP) is 13.7. The van der Waals surface area contributed by atoms with Crippen LogP contribution in [0, 0.1) is 40.9 Å². The van der Waals surface area contributed by atoms with E-state index in [1.54, 1.807) is 0 Å². The number of rotatable bonds is 25. The van der Waals surface area contributed by atoms with E-state index >= 15 is 0 Å². The zero-order valence-corrected chi connectivity index (χ0v) is 44.4. The van der Waals surface area contributed by atoms with Crippen molar-refractivity contribution in [1.29, 1.82) is 0 Å². The molecule has 15 heteroatoms. The first kappa shape index (κ1) is 78.2. The summed E-state index contributed by atoms with van der Waals surface area (Å²) in [5.74, 6) is 0.951. The first-order valence-electron chi connectivity index (χ1n) is 26.6. The van der Waals surface area contributed by atoms with Crippen molar-refractivity contribution in [2.45, 2.75) is 253 Å². The molecule has 6 fully saturated rings. The van der Waals surface area contributed by atoms with Gasteiger partial charge in [-0.05, 0) is 161 Å². The van der Waals surface area contributed by atoms with Crippen LogP contribution in [0.4, 0.5) is 0 Å². The zero-order valence-electron chi connectivity index (χ0n) is 44.4. The quantitative estimate of drug-likeness (QED) is 0.0477. The third-order valence-corrected chi connectivity index (χ3v) is 15.5. The van der Waals surface area contributed by atoms with Crippen LogP contribution in [-0.2, 0) is 71.4 Å². The molecule has 0 N–H and O–H groups in total. The highest BCUT2D eigenvalue weighted by Gasteiger charge is 2.58. The fourth-order valence-corrected chi connectivity index (χ4v) is 10.5. The molecule has 75 heavy (non-hydrogen) atoms. The van der Waals surface area contributed by atoms with Crippen molar-refractivity contribution in [1.82, 2.24) is 0 Å². The molecule has 0 aromatic heterocycles. The van der Waals surface area contributed by atoms with Crippen LogP contribution >= 0.6 is 0 Å². The van der Waals surface area contributed by atoms with Gasteiger partial charge in [0.2, 0.25) is 0 Å². The van der Waals surface area contributed by atoms with Crippen LogP contribution in [-0.4, -0.2) is 112 Å². The van der Waals surface area contributed by atoms with Crippen molar-refractivity contribution < 1.29 is 71.4 Å². The molecule has 446 valence electrons. The fraction of sp³-hybridized carbons (Fsp3) is 0.900. The average molecular weight is 1080 g/mol. The molecular formula is C60H116O15. The van der Waals surface area contributed by atoms with Crippen LogP contribution in [0.15, 0.2) is 0 Å². The first-order valence-corrected chi connectivity index (χ1v) is 26.6. The zero-order chi connectivity index (χ0) is 51.1. The summed E-state index contributed by atoms with van der Waals surface area (Å²) >= 11 is 0. The van der Waals surface area contributed by atoms with Crippen molar-refractivity contribution in [2.24, 2.45) is 40.9 Å². The molecule has 6 aliphatic rings. The number of ether oxygens (including phenoxy) is 9. The van der Waals surface area contributed by atoms with Gasteiger partial charge in [0.25, 0.3) is 0 Å². The summed E-state index contributed by atoms with van der Waals surface area (Å²) < 4.78 is 48.2. The molecule has 6 rings (SSSR count). The minimum Gasteiger partial charge on any atom is -0.463 e. The lowest BCUT2D eigenvalue weighted by Crippen LogP contribution is -2.59. The van der Waals surface area contributed by atoms with Gasteiger partial charge in [-0.15, -0.1) is 0 Å². The highest BCUT2D eigenvalue weighted by molar-refractivity contribution is 5.76. The Hall–Kier alpha value is -3.30. The van der Waals surface area contributed by atoms with Crippen molar-refractivity contribution in [2.75, 3.05) is 59.5 Å². The highest BCUT2D eigenvalue weighted by Crippen LogP contribution is 2.60. The molecule has 0 aromatic carbocycles. The summed E-state index contributed by atoms with van der Waals surface area (Å²) in [7, 11) is 0. The fourth-order valence-electron chi connectivity index (χ4n) is 10.5. The van der Waals surface area contributed by atoms with E-state index in [1.807, 2.05) is 62.3 Å². The van der Waals surface area contributed by atoms with Crippen LogP contribution < -0.4 is 0 Å². The lowest BCUT2D eigenvalue weighted by molar-refractivity contribution is -0.214. The second kappa shape index (κ2) is 39.1. The molecule has 0 amide bonds. The van der Waals surface area contributed by atoms with Crippen LogP contribution in [0.5, 0.6) is 0 Å². The van der Waals surface area contributed by atoms with Gasteiger partial charge in [0.05, 0.1) is 37.1 Å². The van der Waals surface area contributed by atoms with Crippen molar-refractivity contribution >= 4 is 35.8 Å². The summed E-state index contributed by atoms with van der Waals surface area (Å²) in [6.45, 7) is 20.2. The van der Waals surface area contributed by atoms with Gasteiger partial charge in [0.15, 0.2) is 0 Å². The number of hydrogen-bond acceptors (Lipinski definition) is 15. The minimum atomic E-state index is -0.478. The van der Waals surface area contributed by atoms with E-state index in [4.69, 9.17) is 42.6 Å². The summed E-state index contributed by atoms with van der Waals surface area (Å²) in [6.07, 6.45) is 19.9. The number of esters is 6. The van der Waals surface area contributed by atoms with E-state index in [1.165, 1.54) is 44.9 Å². The summed E-state index contributed by atoms with van der Waals surface area (Å²) in [5, 5.41) is 0. The SMILES string of the molecule is C.C.C.C.C.C.CCC(C)(C)C(=O)OCCOCC(=O)OC1(C)CCCCC1.CCC(C)C(=O)OCCOCC(=O)OC1(C)CCCCC1.CCC(C)C(=O)OCCOCC(=O)OC1(CC)C2CC3CC(C2)CC1C3. The summed E-state index contributed by atoms with van der Waals surface area (Å²) in [4.78, 5) is 70.6. The lowest BCUT2D eigenvalue weighted by atomic mass is 9.49. The minimum absolute atomic E-state index is 0. The van der Waals surface area contributed by atoms with E-state index in [0.29, 0.717) is 11.8 Å². The topological polar surface area (TPSA) is 185 Å². The van der Waals surface area contributed by atoms with Crippen molar-refractivity contribution in [3.8, 4) is 0 Å². The molecule has 2 atom stereocenters. The maximum atomic E-state index is 12.4. The van der Waals surface area contributed by atoms with Gasteiger partial charge in [-0.2, -0.15) is 0 Å². The third kappa shape index (κ3) is 26.7. The second-order valence-corrected chi connectivity index (χ2v) is 21.5. The van der Waals surface area contributed by atoms with Gasteiger partial charge in [-0.1, -0.05) is 98.9 Å². The predicted molar refractivity (Wildman–Crippen MR) is 300 cm³/mol. The largest absolute Gasteiger partial charge is 0.463 e. The molecule has 6 saturated carbocycles. The Bertz CT molecular complexity index is 1550. The normalized spacial score (nSPS) is 23.0. The molecule has 0 spiro atoms. The number of carbonyl (C=O) groups excluding carboxylic acids is 6. The Morgan fingerprint density at radius 3 is 1.13 bits per heavy atom. The Balaban J connectivity index is -0.000000488. The highest BCUT2D eigenvalue weighted by atomic mass is 16.6. The molecule has 15 nitrogen and oxygen atoms in total. The van der Waals surface area contributed by atoms with E-state index < -0.39 is 5.41 Å². The van der Waals surface area contributed by atoms with Gasteiger partial charge >= 0.3 is 35.8 Å². The van der Waals surface area contributed by atoms with Gasteiger partial charge < -0.3 is 42.6 Å². The molecule has 0 saturated heterocycles. The van der Waals surface area contributed by atoms with Crippen LogP contribution in [0.25, 0.3) is 0 Å². The van der Waals surface area contributed by atoms with Crippen LogP contribution in [0.1, 0.15) is 236 Å². The molecule has 0 radical (unpaired) electrons. The molecule has 0 aromatic rings. The van der Waals surface area contributed by atoms with E-state index in [9.17, 15) is 28.8 Å². The smallest absolute Gasteiger partial charge is 0.332 e. The third-order valence-electron chi connectivity index (χ3n) is 15.5. The van der Waals surface area contributed by atoms with Crippen LogP contribution in [0.3, 0.4) is 0 Å². The van der Waals surface area contributed by atoms with E-state index in [-0.39, 0.29) is 168 Å². The molecule has 6 aliphatic carbocycles.